The van der Waals surface area contributed by atoms with E-state index in [1.807, 2.05) is 6.07 Å². The van der Waals surface area contributed by atoms with E-state index >= 15 is 0 Å². The van der Waals surface area contributed by atoms with Crippen LogP contribution in [-0.2, 0) is 0 Å². The average Bonchev–Trinajstić information content (AvgIpc) is 3.25. The van der Waals surface area contributed by atoms with Crippen LogP contribution in [0.3, 0.4) is 0 Å². The van der Waals surface area contributed by atoms with Crippen molar-refractivity contribution >= 4 is 5.69 Å². The molecule has 1 atom stereocenters. The van der Waals surface area contributed by atoms with Crippen molar-refractivity contribution in [1.82, 2.24) is 10.2 Å². The zero-order valence-corrected chi connectivity index (χ0v) is 12.3. The monoisotopic (exact) mass is 305 g/mol. The number of ether oxygens (including phenoxy) is 2. The van der Waals surface area contributed by atoms with E-state index in [4.69, 9.17) is 9.47 Å². The molecule has 2 fully saturated rings. The molecule has 1 saturated heterocycles. The predicted octanol–water partition coefficient (Wildman–Crippen LogP) is 1.68. The summed E-state index contributed by atoms with van der Waals surface area (Å²) in [5, 5.41) is 14.9. The summed E-state index contributed by atoms with van der Waals surface area (Å²) < 4.78 is 10.7. The third-order valence-corrected chi connectivity index (χ3v) is 4.65. The smallest absolute Gasteiger partial charge is 0.278 e. The Morgan fingerprint density at radius 1 is 1.23 bits per heavy atom. The van der Waals surface area contributed by atoms with Gasteiger partial charge in [0.05, 0.1) is 16.6 Å². The Hall–Kier alpha value is -1.86. The van der Waals surface area contributed by atoms with Gasteiger partial charge in [0.1, 0.15) is 0 Å². The Balaban J connectivity index is 1.76. The topological polar surface area (TPSA) is 76.9 Å². The summed E-state index contributed by atoms with van der Waals surface area (Å²) >= 11 is 0. The maximum atomic E-state index is 11.5. The Morgan fingerprint density at radius 2 is 1.91 bits per heavy atom. The zero-order valence-electron chi connectivity index (χ0n) is 12.3. The molecule has 0 amide bonds. The SMILES string of the molecule is O=[N+]([O-])c1cc2c(cc1[C@@H](C1CC1)N1CCNCC1)OCO2. The molecule has 2 heterocycles. The summed E-state index contributed by atoms with van der Waals surface area (Å²) in [6.07, 6.45) is 2.28. The van der Waals surface area contributed by atoms with Crippen LogP contribution in [0.25, 0.3) is 0 Å². The Morgan fingerprint density at radius 3 is 2.55 bits per heavy atom. The summed E-state index contributed by atoms with van der Waals surface area (Å²) in [7, 11) is 0. The van der Waals surface area contributed by atoms with Crippen molar-refractivity contribution in [3.63, 3.8) is 0 Å². The molecule has 1 aliphatic carbocycles. The van der Waals surface area contributed by atoms with Gasteiger partial charge in [0.15, 0.2) is 11.5 Å². The van der Waals surface area contributed by atoms with Crippen LogP contribution in [0, 0.1) is 16.0 Å². The molecular formula is C15H19N3O4. The van der Waals surface area contributed by atoms with E-state index in [9.17, 15) is 10.1 Å². The zero-order chi connectivity index (χ0) is 15.1. The molecule has 0 bridgehead atoms. The number of piperazine rings is 1. The minimum atomic E-state index is -0.297. The highest BCUT2D eigenvalue weighted by Crippen LogP contribution is 2.49. The molecule has 3 aliphatic rings. The van der Waals surface area contributed by atoms with Crippen LogP contribution in [0.15, 0.2) is 12.1 Å². The molecular weight excluding hydrogens is 286 g/mol. The van der Waals surface area contributed by atoms with Crippen LogP contribution < -0.4 is 14.8 Å². The number of nitrogens with zero attached hydrogens (tertiary/aromatic N) is 2. The summed E-state index contributed by atoms with van der Waals surface area (Å²) in [5.74, 6) is 1.61. The maximum Gasteiger partial charge on any atom is 0.278 e. The van der Waals surface area contributed by atoms with Gasteiger partial charge in [-0.15, -0.1) is 0 Å². The molecule has 1 saturated carbocycles. The minimum absolute atomic E-state index is 0.108. The quantitative estimate of drug-likeness (QED) is 0.673. The van der Waals surface area contributed by atoms with Gasteiger partial charge in [-0.25, -0.2) is 0 Å². The maximum absolute atomic E-state index is 11.5. The molecule has 1 N–H and O–H groups in total. The third kappa shape index (κ3) is 2.40. The summed E-state index contributed by atoms with van der Waals surface area (Å²) in [5.41, 5.74) is 0.929. The summed E-state index contributed by atoms with van der Waals surface area (Å²) in [6, 6.07) is 3.46. The number of rotatable bonds is 4. The van der Waals surface area contributed by atoms with Crippen molar-refractivity contribution in [2.45, 2.75) is 18.9 Å². The highest BCUT2D eigenvalue weighted by molar-refractivity contribution is 5.56. The highest BCUT2D eigenvalue weighted by Gasteiger charge is 2.41. The number of fused-ring (bicyclic) bond motifs is 1. The fourth-order valence-corrected chi connectivity index (χ4v) is 3.46. The van der Waals surface area contributed by atoms with Crippen molar-refractivity contribution in [2.24, 2.45) is 5.92 Å². The van der Waals surface area contributed by atoms with Crippen molar-refractivity contribution in [3.05, 3.63) is 27.8 Å². The van der Waals surface area contributed by atoms with Crippen LogP contribution in [0.1, 0.15) is 24.4 Å². The van der Waals surface area contributed by atoms with Gasteiger partial charge in [0.2, 0.25) is 6.79 Å². The Kier molecular flexibility index (Phi) is 3.38. The average molecular weight is 305 g/mol. The van der Waals surface area contributed by atoms with Crippen molar-refractivity contribution in [3.8, 4) is 11.5 Å². The van der Waals surface area contributed by atoms with Crippen molar-refractivity contribution < 1.29 is 14.4 Å². The molecule has 1 aromatic carbocycles. The fraction of sp³-hybridized carbons (Fsp3) is 0.600. The standard InChI is InChI=1S/C15H19N3O4/c19-18(20)12-8-14-13(21-9-22-14)7-11(12)15(10-1-2-10)17-5-3-16-4-6-17/h7-8,10,15-16H,1-6,9H2/t15-/m1/s1. The number of hydrogen-bond acceptors (Lipinski definition) is 6. The minimum Gasteiger partial charge on any atom is -0.454 e. The van der Waals surface area contributed by atoms with E-state index in [0.29, 0.717) is 17.4 Å². The number of nitro groups is 1. The number of nitrogens with one attached hydrogen (secondary N) is 1. The number of benzene rings is 1. The van der Waals surface area contributed by atoms with Gasteiger partial charge >= 0.3 is 0 Å². The molecule has 0 unspecified atom stereocenters. The second kappa shape index (κ2) is 5.40. The van der Waals surface area contributed by atoms with Crippen LogP contribution in [0.4, 0.5) is 5.69 Å². The predicted molar refractivity (Wildman–Crippen MR) is 79.1 cm³/mol. The molecule has 7 nitrogen and oxygen atoms in total. The lowest BCUT2D eigenvalue weighted by Gasteiger charge is -2.35. The van der Waals surface area contributed by atoms with Gasteiger partial charge in [0, 0.05) is 32.2 Å². The second-order valence-electron chi connectivity index (χ2n) is 6.09. The molecule has 7 heteroatoms. The molecule has 0 radical (unpaired) electrons. The number of hydrogen-bond donors (Lipinski definition) is 1. The molecule has 0 spiro atoms. The molecule has 1 aromatic rings. The van der Waals surface area contributed by atoms with Crippen LogP contribution in [0.2, 0.25) is 0 Å². The first kappa shape index (κ1) is 13.8. The Bertz CT molecular complexity index is 597. The van der Waals surface area contributed by atoms with E-state index in [2.05, 4.69) is 10.2 Å². The lowest BCUT2D eigenvalue weighted by molar-refractivity contribution is -0.386. The highest BCUT2D eigenvalue weighted by atomic mass is 16.7. The van der Waals surface area contributed by atoms with Crippen molar-refractivity contribution in [2.75, 3.05) is 33.0 Å². The fourth-order valence-electron chi connectivity index (χ4n) is 3.46. The van der Waals surface area contributed by atoms with E-state index in [-0.39, 0.29) is 23.4 Å². The first-order chi connectivity index (χ1) is 10.7. The lowest BCUT2D eigenvalue weighted by atomic mass is 9.97. The molecule has 22 heavy (non-hydrogen) atoms. The van der Waals surface area contributed by atoms with E-state index in [1.165, 1.54) is 6.07 Å². The Labute approximate surface area is 128 Å². The van der Waals surface area contributed by atoms with Crippen LogP contribution >= 0.6 is 0 Å². The van der Waals surface area contributed by atoms with Gasteiger partial charge in [-0.2, -0.15) is 0 Å². The lowest BCUT2D eigenvalue weighted by Crippen LogP contribution is -2.45. The normalized spacial score (nSPS) is 22.5. The van der Waals surface area contributed by atoms with Gasteiger partial charge in [-0.3, -0.25) is 15.0 Å². The summed E-state index contributed by atoms with van der Waals surface area (Å²) in [6.45, 7) is 3.85. The van der Waals surface area contributed by atoms with E-state index < -0.39 is 0 Å². The molecule has 2 aliphatic heterocycles. The van der Waals surface area contributed by atoms with E-state index in [0.717, 1.165) is 44.6 Å². The first-order valence-electron chi connectivity index (χ1n) is 7.77. The number of nitro benzene ring substituents is 1. The first-order valence-corrected chi connectivity index (χ1v) is 7.77. The van der Waals surface area contributed by atoms with Gasteiger partial charge in [-0.05, 0) is 24.8 Å². The van der Waals surface area contributed by atoms with Crippen LogP contribution in [-0.4, -0.2) is 42.8 Å². The molecule has 118 valence electrons. The molecule has 0 aromatic heterocycles. The molecule has 4 rings (SSSR count). The largest absolute Gasteiger partial charge is 0.454 e. The van der Waals surface area contributed by atoms with Crippen LogP contribution in [0.5, 0.6) is 11.5 Å². The van der Waals surface area contributed by atoms with E-state index in [1.54, 1.807) is 0 Å². The third-order valence-electron chi connectivity index (χ3n) is 4.65. The van der Waals surface area contributed by atoms with Gasteiger partial charge in [-0.1, -0.05) is 0 Å². The van der Waals surface area contributed by atoms with Crippen molar-refractivity contribution in [1.29, 1.82) is 0 Å². The second-order valence-corrected chi connectivity index (χ2v) is 6.09. The van der Waals surface area contributed by atoms with Gasteiger partial charge < -0.3 is 14.8 Å². The summed E-state index contributed by atoms with van der Waals surface area (Å²) in [4.78, 5) is 13.6. The van der Waals surface area contributed by atoms with Gasteiger partial charge in [0.25, 0.3) is 5.69 Å².